The lowest BCUT2D eigenvalue weighted by molar-refractivity contribution is -0.127. The number of nitrogens with zero attached hydrogens (tertiary/aromatic N) is 3. The van der Waals surface area contributed by atoms with Gasteiger partial charge in [-0.15, -0.1) is 0 Å². The summed E-state index contributed by atoms with van der Waals surface area (Å²) >= 11 is 3.38. The van der Waals surface area contributed by atoms with Crippen molar-refractivity contribution in [3.8, 4) is 0 Å². The second-order valence-electron chi connectivity index (χ2n) is 4.97. The van der Waals surface area contributed by atoms with E-state index in [1.807, 2.05) is 11.8 Å². The number of carbonyl (C=O) groups excluding carboxylic acids is 2. The Hall–Kier alpha value is -1.37. The van der Waals surface area contributed by atoms with Gasteiger partial charge in [0, 0.05) is 33.1 Å². The minimum atomic E-state index is -0.146. The summed E-state index contributed by atoms with van der Waals surface area (Å²) < 4.78 is 2.30. The SMILES string of the molecule is Cc1nn(C)c(C(=O)NCCCN2CCCC2=O)c1Br. The van der Waals surface area contributed by atoms with Gasteiger partial charge in [0.25, 0.3) is 5.91 Å². The number of nitrogens with one attached hydrogen (secondary N) is 1. The maximum absolute atomic E-state index is 12.1. The van der Waals surface area contributed by atoms with Crippen molar-refractivity contribution in [2.24, 2.45) is 7.05 Å². The van der Waals surface area contributed by atoms with Crippen molar-refractivity contribution in [2.45, 2.75) is 26.2 Å². The summed E-state index contributed by atoms with van der Waals surface area (Å²) in [5, 5.41) is 7.05. The lowest BCUT2D eigenvalue weighted by Gasteiger charge is -2.15. The van der Waals surface area contributed by atoms with Crippen LogP contribution < -0.4 is 5.32 Å². The van der Waals surface area contributed by atoms with Gasteiger partial charge in [0.05, 0.1) is 10.2 Å². The molecule has 0 atom stereocenters. The van der Waals surface area contributed by atoms with Crippen molar-refractivity contribution in [2.75, 3.05) is 19.6 Å². The van der Waals surface area contributed by atoms with E-state index in [9.17, 15) is 9.59 Å². The van der Waals surface area contributed by atoms with E-state index < -0.39 is 0 Å². The molecule has 0 saturated carbocycles. The molecule has 0 aromatic carbocycles. The fourth-order valence-corrected chi connectivity index (χ4v) is 2.89. The highest BCUT2D eigenvalue weighted by Gasteiger charge is 2.20. The van der Waals surface area contributed by atoms with Crippen LogP contribution in [0, 0.1) is 6.92 Å². The third-order valence-corrected chi connectivity index (χ3v) is 4.38. The van der Waals surface area contributed by atoms with Gasteiger partial charge < -0.3 is 10.2 Å². The first-order valence-corrected chi connectivity index (χ1v) is 7.55. The molecule has 20 heavy (non-hydrogen) atoms. The van der Waals surface area contributed by atoms with Gasteiger partial charge in [-0.2, -0.15) is 5.10 Å². The molecule has 6 nitrogen and oxygen atoms in total. The zero-order valence-electron chi connectivity index (χ0n) is 11.8. The quantitative estimate of drug-likeness (QED) is 0.818. The monoisotopic (exact) mass is 342 g/mol. The summed E-state index contributed by atoms with van der Waals surface area (Å²) in [7, 11) is 1.75. The molecule has 0 aliphatic carbocycles. The fraction of sp³-hybridized carbons (Fsp3) is 0.615. The molecule has 1 saturated heterocycles. The van der Waals surface area contributed by atoms with Gasteiger partial charge in [-0.3, -0.25) is 14.3 Å². The number of hydrogen-bond donors (Lipinski definition) is 1. The molecule has 2 rings (SSSR count). The normalized spacial score (nSPS) is 14.9. The highest BCUT2D eigenvalue weighted by molar-refractivity contribution is 9.10. The molecule has 1 aromatic heterocycles. The molecule has 1 aliphatic rings. The molecule has 0 radical (unpaired) electrons. The van der Waals surface area contributed by atoms with Crippen molar-refractivity contribution < 1.29 is 9.59 Å². The number of rotatable bonds is 5. The Morgan fingerprint density at radius 1 is 1.50 bits per heavy atom. The van der Waals surface area contributed by atoms with Gasteiger partial charge in [-0.25, -0.2) is 0 Å². The summed E-state index contributed by atoms with van der Waals surface area (Å²) in [6, 6.07) is 0. The van der Waals surface area contributed by atoms with Gasteiger partial charge in [0.15, 0.2) is 0 Å². The molecular formula is C13H19BrN4O2. The number of likely N-dealkylation sites (tertiary alicyclic amines) is 1. The number of halogens is 1. The van der Waals surface area contributed by atoms with Crippen molar-refractivity contribution in [1.29, 1.82) is 0 Å². The van der Waals surface area contributed by atoms with Gasteiger partial charge in [-0.05, 0) is 35.7 Å². The molecule has 7 heteroatoms. The van der Waals surface area contributed by atoms with Gasteiger partial charge in [0.2, 0.25) is 5.91 Å². The highest BCUT2D eigenvalue weighted by atomic mass is 79.9. The van der Waals surface area contributed by atoms with Crippen LogP contribution in [0.5, 0.6) is 0 Å². The Balaban J connectivity index is 1.79. The van der Waals surface area contributed by atoms with Crippen LogP contribution in [0.3, 0.4) is 0 Å². The predicted molar refractivity (Wildman–Crippen MR) is 78.4 cm³/mol. The molecule has 0 bridgehead atoms. The Morgan fingerprint density at radius 2 is 2.25 bits per heavy atom. The summed E-state index contributed by atoms with van der Waals surface area (Å²) in [5.74, 6) is 0.0778. The lowest BCUT2D eigenvalue weighted by Crippen LogP contribution is -2.31. The zero-order valence-corrected chi connectivity index (χ0v) is 13.4. The molecule has 2 amide bonds. The summed E-state index contributed by atoms with van der Waals surface area (Å²) in [6.07, 6.45) is 2.38. The third kappa shape index (κ3) is 3.20. The van der Waals surface area contributed by atoms with E-state index >= 15 is 0 Å². The van der Waals surface area contributed by atoms with Crippen molar-refractivity contribution in [3.63, 3.8) is 0 Å². The van der Waals surface area contributed by atoms with Gasteiger partial charge in [0.1, 0.15) is 5.69 Å². The molecule has 2 heterocycles. The van der Waals surface area contributed by atoms with Gasteiger partial charge >= 0.3 is 0 Å². The second-order valence-corrected chi connectivity index (χ2v) is 5.76. The maximum Gasteiger partial charge on any atom is 0.270 e. The van der Waals surface area contributed by atoms with E-state index in [2.05, 4.69) is 26.3 Å². The van der Waals surface area contributed by atoms with Crippen molar-refractivity contribution >= 4 is 27.7 Å². The van der Waals surface area contributed by atoms with Crippen LogP contribution in [0.4, 0.5) is 0 Å². The number of amides is 2. The van der Waals surface area contributed by atoms with Crippen LogP contribution in [0.15, 0.2) is 4.47 Å². The van der Waals surface area contributed by atoms with Crippen molar-refractivity contribution in [1.82, 2.24) is 20.0 Å². The predicted octanol–water partition coefficient (Wildman–Crippen LogP) is 1.23. The highest BCUT2D eigenvalue weighted by Crippen LogP contribution is 2.19. The van der Waals surface area contributed by atoms with E-state index in [-0.39, 0.29) is 11.8 Å². The minimum Gasteiger partial charge on any atom is -0.351 e. The third-order valence-electron chi connectivity index (χ3n) is 3.43. The van der Waals surface area contributed by atoms with Crippen LogP contribution in [-0.4, -0.2) is 46.1 Å². The van der Waals surface area contributed by atoms with E-state index in [1.54, 1.807) is 11.7 Å². The molecular weight excluding hydrogens is 324 g/mol. The number of hydrogen-bond acceptors (Lipinski definition) is 3. The molecule has 110 valence electrons. The molecule has 1 N–H and O–H groups in total. The fourth-order valence-electron chi connectivity index (χ4n) is 2.37. The average molecular weight is 343 g/mol. The largest absolute Gasteiger partial charge is 0.351 e. The first kappa shape index (κ1) is 15.0. The number of aromatic nitrogens is 2. The van der Waals surface area contributed by atoms with Crippen LogP contribution in [0.25, 0.3) is 0 Å². The first-order valence-electron chi connectivity index (χ1n) is 6.75. The second kappa shape index (κ2) is 6.39. The summed E-state index contributed by atoms with van der Waals surface area (Å²) in [6.45, 7) is 3.96. The zero-order chi connectivity index (χ0) is 14.7. The van der Waals surface area contributed by atoms with Crippen LogP contribution in [-0.2, 0) is 11.8 Å². The molecule has 1 aromatic rings. The minimum absolute atomic E-state index is 0.146. The van der Waals surface area contributed by atoms with E-state index in [4.69, 9.17) is 0 Å². The molecule has 1 aliphatic heterocycles. The Bertz CT molecular complexity index is 527. The smallest absolute Gasteiger partial charge is 0.270 e. The van der Waals surface area contributed by atoms with E-state index in [0.717, 1.165) is 29.6 Å². The van der Waals surface area contributed by atoms with Crippen LogP contribution >= 0.6 is 15.9 Å². The number of carbonyl (C=O) groups is 2. The average Bonchev–Trinajstić information content (AvgIpc) is 2.90. The standard InChI is InChI=1S/C13H19BrN4O2/c1-9-11(14)12(17(2)16-9)13(20)15-6-4-8-18-7-3-5-10(18)19/h3-8H2,1-2H3,(H,15,20). The molecule has 0 spiro atoms. The van der Waals surface area contributed by atoms with E-state index in [0.29, 0.717) is 25.2 Å². The van der Waals surface area contributed by atoms with E-state index in [1.165, 1.54) is 0 Å². The van der Waals surface area contributed by atoms with Crippen molar-refractivity contribution in [3.05, 3.63) is 15.9 Å². The Morgan fingerprint density at radius 3 is 2.80 bits per heavy atom. The topological polar surface area (TPSA) is 67.2 Å². The number of aryl methyl sites for hydroxylation is 2. The van der Waals surface area contributed by atoms with Gasteiger partial charge in [-0.1, -0.05) is 0 Å². The Kier molecular flexibility index (Phi) is 4.80. The summed E-state index contributed by atoms with van der Waals surface area (Å²) in [4.78, 5) is 25.4. The molecule has 1 fully saturated rings. The molecule has 0 unspecified atom stereocenters. The first-order chi connectivity index (χ1) is 9.50. The lowest BCUT2D eigenvalue weighted by atomic mass is 10.3. The van der Waals surface area contributed by atoms with Crippen LogP contribution in [0.1, 0.15) is 35.4 Å². The Labute approximate surface area is 126 Å². The maximum atomic E-state index is 12.1. The van der Waals surface area contributed by atoms with Crippen LogP contribution in [0.2, 0.25) is 0 Å². The summed E-state index contributed by atoms with van der Waals surface area (Å²) in [5.41, 5.74) is 1.32.